The van der Waals surface area contributed by atoms with Gasteiger partial charge in [0.1, 0.15) is 17.2 Å². The Bertz CT molecular complexity index is 1180. The van der Waals surface area contributed by atoms with Gasteiger partial charge in [-0.25, -0.2) is 13.6 Å². The summed E-state index contributed by atoms with van der Waals surface area (Å²) in [5.41, 5.74) is 6.51. The number of pyridine rings is 2. The van der Waals surface area contributed by atoms with Crippen LogP contribution in [0.15, 0.2) is 35.3 Å². The molecule has 0 unspecified atom stereocenters. The van der Waals surface area contributed by atoms with Crippen LogP contribution in [0, 0.1) is 18.6 Å². The van der Waals surface area contributed by atoms with E-state index in [-0.39, 0.29) is 22.7 Å². The first-order valence-electron chi connectivity index (χ1n) is 8.46. The van der Waals surface area contributed by atoms with Crippen LogP contribution in [0.2, 0.25) is 0 Å². The largest absolute Gasteiger partial charge is 0.477 e. The molecule has 1 aliphatic rings. The smallest absolute Gasteiger partial charge is 0.341 e. The monoisotopic (exact) mass is 370 g/mol. The number of halogens is 2. The van der Waals surface area contributed by atoms with Crippen LogP contribution in [-0.4, -0.2) is 15.5 Å². The van der Waals surface area contributed by atoms with Crippen LogP contribution in [0.25, 0.3) is 16.6 Å². The lowest BCUT2D eigenvalue weighted by molar-refractivity contribution is 0.0694. The number of hydrogen-bond acceptors (Lipinski definition) is 3. The normalized spacial score (nSPS) is 13.9. The SMILES string of the molecule is Cc1c(-c2cc(F)c(N)cc2F)ccn2c(=O)c(C(=O)O)cc(C3CC3)c12. The zero-order valence-corrected chi connectivity index (χ0v) is 14.4. The number of carboxylic acids is 1. The summed E-state index contributed by atoms with van der Waals surface area (Å²) in [6, 6.07) is 4.86. The number of anilines is 1. The summed E-state index contributed by atoms with van der Waals surface area (Å²) in [5.74, 6) is -2.53. The lowest BCUT2D eigenvalue weighted by Gasteiger charge is -2.16. The van der Waals surface area contributed by atoms with Crippen LogP contribution < -0.4 is 11.3 Å². The third-order valence-electron chi connectivity index (χ3n) is 5.04. The summed E-state index contributed by atoms with van der Waals surface area (Å²) >= 11 is 0. The molecule has 4 rings (SSSR count). The highest BCUT2D eigenvalue weighted by Crippen LogP contribution is 2.43. The Balaban J connectivity index is 2.07. The summed E-state index contributed by atoms with van der Waals surface area (Å²) in [6.07, 6.45) is 3.19. The van der Waals surface area contributed by atoms with Crippen molar-refractivity contribution in [2.24, 2.45) is 0 Å². The number of benzene rings is 1. The molecule has 0 radical (unpaired) electrons. The van der Waals surface area contributed by atoms with Gasteiger partial charge in [-0.15, -0.1) is 0 Å². The van der Waals surface area contributed by atoms with Gasteiger partial charge in [0.15, 0.2) is 0 Å². The molecule has 0 aliphatic heterocycles. The van der Waals surface area contributed by atoms with Crippen LogP contribution in [0.1, 0.15) is 40.2 Å². The van der Waals surface area contributed by atoms with Crippen molar-refractivity contribution < 1.29 is 18.7 Å². The summed E-state index contributed by atoms with van der Waals surface area (Å²) in [5, 5.41) is 9.33. The van der Waals surface area contributed by atoms with Crippen molar-refractivity contribution in [3.63, 3.8) is 0 Å². The Kier molecular flexibility index (Phi) is 3.76. The molecule has 1 aromatic carbocycles. The van der Waals surface area contributed by atoms with Crippen LogP contribution in [0.3, 0.4) is 0 Å². The maximum Gasteiger partial charge on any atom is 0.341 e. The summed E-state index contributed by atoms with van der Waals surface area (Å²) in [6.45, 7) is 1.71. The van der Waals surface area contributed by atoms with Crippen molar-refractivity contribution in [3.05, 3.63) is 69.1 Å². The van der Waals surface area contributed by atoms with Crippen LogP contribution in [-0.2, 0) is 0 Å². The van der Waals surface area contributed by atoms with Crippen molar-refractivity contribution in [2.75, 3.05) is 5.73 Å². The van der Waals surface area contributed by atoms with Gasteiger partial charge in [0.2, 0.25) is 0 Å². The van der Waals surface area contributed by atoms with Gasteiger partial charge in [-0.2, -0.15) is 0 Å². The standard InChI is InChI=1S/C20H16F2N2O3/c1-9-11(13-7-16(22)17(23)8-15(13)21)4-5-24-18(9)12(10-2-3-10)6-14(19(24)25)20(26)27/h4-8,10H,2-3,23H2,1H3,(H,26,27). The highest BCUT2D eigenvalue weighted by Gasteiger charge is 2.29. The van der Waals surface area contributed by atoms with E-state index in [2.05, 4.69) is 0 Å². The number of rotatable bonds is 3. The fraction of sp³-hybridized carbons (Fsp3) is 0.200. The summed E-state index contributed by atoms with van der Waals surface area (Å²) in [7, 11) is 0. The van der Waals surface area contributed by atoms with Gasteiger partial charge in [0.05, 0.1) is 11.2 Å². The zero-order chi connectivity index (χ0) is 19.5. The molecule has 7 heteroatoms. The molecular weight excluding hydrogens is 354 g/mol. The molecule has 1 fully saturated rings. The van der Waals surface area contributed by atoms with E-state index in [0.717, 1.165) is 30.5 Å². The van der Waals surface area contributed by atoms with Crippen LogP contribution in [0.5, 0.6) is 0 Å². The third kappa shape index (κ3) is 2.66. The summed E-state index contributed by atoms with van der Waals surface area (Å²) < 4.78 is 29.6. The number of aryl methyl sites for hydroxylation is 1. The highest BCUT2D eigenvalue weighted by molar-refractivity contribution is 5.89. The maximum atomic E-state index is 14.4. The van der Waals surface area contributed by atoms with Gasteiger partial charge in [-0.05, 0) is 60.6 Å². The van der Waals surface area contributed by atoms with E-state index in [9.17, 15) is 23.5 Å². The number of fused-ring (bicyclic) bond motifs is 1. The Morgan fingerprint density at radius 2 is 1.89 bits per heavy atom. The number of carboxylic acid groups (broad SMARTS) is 1. The molecule has 2 heterocycles. The van der Waals surface area contributed by atoms with E-state index < -0.39 is 23.2 Å². The second-order valence-corrected chi connectivity index (χ2v) is 6.82. The molecule has 1 aliphatic carbocycles. The quantitative estimate of drug-likeness (QED) is 0.689. The van der Waals surface area contributed by atoms with Gasteiger partial charge in [0, 0.05) is 17.8 Å². The first kappa shape index (κ1) is 17.2. The molecule has 27 heavy (non-hydrogen) atoms. The topological polar surface area (TPSA) is 84.8 Å². The van der Waals surface area contributed by atoms with E-state index in [1.54, 1.807) is 6.92 Å². The lowest BCUT2D eigenvalue weighted by atomic mass is 9.96. The highest BCUT2D eigenvalue weighted by atomic mass is 19.1. The van der Waals surface area contributed by atoms with E-state index in [1.165, 1.54) is 22.7 Å². The number of nitrogens with two attached hydrogens (primary N) is 1. The van der Waals surface area contributed by atoms with Crippen LogP contribution >= 0.6 is 0 Å². The molecular formula is C20H16F2N2O3. The van der Waals surface area contributed by atoms with Crippen molar-refractivity contribution >= 4 is 17.2 Å². The van der Waals surface area contributed by atoms with Crippen molar-refractivity contribution in [1.82, 2.24) is 4.40 Å². The van der Waals surface area contributed by atoms with Gasteiger partial charge < -0.3 is 10.8 Å². The third-order valence-corrected chi connectivity index (χ3v) is 5.04. The number of nitrogen functional groups attached to an aromatic ring is 1. The van der Waals surface area contributed by atoms with Crippen molar-refractivity contribution in [2.45, 2.75) is 25.7 Å². The number of aromatic carboxylic acids is 1. The Morgan fingerprint density at radius 1 is 1.19 bits per heavy atom. The predicted octanol–water partition coefficient (Wildman–Crippen LogP) is 3.71. The first-order valence-corrected chi connectivity index (χ1v) is 8.46. The van der Waals surface area contributed by atoms with E-state index in [4.69, 9.17) is 5.73 Å². The van der Waals surface area contributed by atoms with E-state index in [0.29, 0.717) is 16.6 Å². The fourth-order valence-corrected chi connectivity index (χ4v) is 3.52. The minimum atomic E-state index is -1.29. The van der Waals surface area contributed by atoms with Gasteiger partial charge in [-0.1, -0.05) is 0 Å². The average molecular weight is 370 g/mol. The molecule has 5 nitrogen and oxygen atoms in total. The first-order chi connectivity index (χ1) is 12.8. The second-order valence-electron chi connectivity index (χ2n) is 6.82. The molecule has 2 aromatic heterocycles. The van der Waals surface area contributed by atoms with Gasteiger partial charge >= 0.3 is 5.97 Å². The molecule has 0 amide bonds. The number of nitrogens with zero attached hydrogens (tertiary/aromatic N) is 1. The fourth-order valence-electron chi connectivity index (χ4n) is 3.52. The molecule has 0 saturated heterocycles. The van der Waals surface area contributed by atoms with Crippen LogP contribution in [0.4, 0.5) is 14.5 Å². The minimum Gasteiger partial charge on any atom is -0.477 e. The number of hydrogen-bond donors (Lipinski definition) is 2. The summed E-state index contributed by atoms with van der Waals surface area (Å²) in [4.78, 5) is 24.0. The van der Waals surface area contributed by atoms with Gasteiger partial charge in [0.25, 0.3) is 5.56 Å². The average Bonchev–Trinajstić information content (AvgIpc) is 3.44. The molecule has 138 valence electrons. The second kappa shape index (κ2) is 5.90. The maximum absolute atomic E-state index is 14.4. The van der Waals surface area contributed by atoms with Gasteiger partial charge in [-0.3, -0.25) is 9.20 Å². The lowest BCUT2D eigenvalue weighted by Crippen LogP contribution is -2.23. The number of aromatic nitrogens is 1. The molecule has 0 spiro atoms. The predicted molar refractivity (Wildman–Crippen MR) is 97.1 cm³/mol. The van der Waals surface area contributed by atoms with Crippen molar-refractivity contribution in [1.29, 1.82) is 0 Å². The van der Waals surface area contributed by atoms with E-state index in [1.807, 2.05) is 0 Å². The van der Waals surface area contributed by atoms with Crippen molar-refractivity contribution in [3.8, 4) is 11.1 Å². The zero-order valence-electron chi connectivity index (χ0n) is 14.4. The number of carbonyl (C=O) groups is 1. The van der Waals surface area contributed by atoms with E-state index >= 15 is 0 Å². The molecule has 3 N–H and O–H groups in total. The molecule has 0 atom stereocenters. The molecule has 0 bridgehead atoms. The molecule has 1 saturated carbocycles. The Morgan fingerprint density at radius 3 is 2.52 bits per heavy atom. The minimum absolute atomic E-state index is 0.0400. The molecule has 3 aromatic rings. The Labute approximate surface area is 152 Å². The Hall–Kier alpha value is -3.22.